The minimum absolute atomic E-state index is 0.0471. The quantitative estimate of drug-likeness (QED) is 0.0202. The maximum Gasteiger partial charge on any atom is 0.488 e. The lowest BCUT2D eigenvalue weighted by molar-refractivity contribution is -0.385. The Bertz CT molecular complexity index is 6260. The van der Waals surface area contributed by atoms with E-state index in [0.29, 0.717) is 104 Å². The van der Waals surface area contributed by atoms with Gasteiger partial charge in [-0.2, -0.15) is 0 Å². The van der Waals surface area contributed by atoms with Crippen LogP contribution in [-0.2, 0) is 36.9 Å². The lowest BCUT2D eigenvalue weighted by Gasteiger charge is -2.08. The zero-order chi connectivity index (χ0) is 83.5. The number of nitro groups is 2. The van der Waals surface area contributed by atoms with Crippen molar-refractivity contribution in [1.82, 2.24) is 19.1 Å². The highest BCUT2D eigenvalue weighted by Crippen LogP contribution is 2.41. The second-order valence-corrected chi connectivity index (χ2v) is 30.7. The van der Waals surface area contributed by atoms with Crippen molar-refractivity contribution in [2.75, 3.05) is 17.6 Å². The molecule has 0 aliphatic rings. The topological polar surface area (TPSA) is 258 Å². The van der Waals surface area contributed by atoms with Crippen LogP contribution >= 0.6 is 184 Å². The molecule has 0 bridgehead atoms. The van der Waals surface area contributed by atoms with Gasteiger partial charge in [-0.3, -0.25) is 34.6 Å². The molecule has 33 heteroatoms. The van der Waals surface area contributed by atoms with Crippen LogP contribution < -0.4 is 5.46 Å². The Hall–Kier alpha value is -8.03. The Morgan fingerprint density at radius 1 is 0.426 bits per heavy atom. The number of carbonyl (C=O) groups is 3. The summed E-state index contributed by atoms with van der Waals surface area (Å²) in [4.78, 5) is 60.0. The van der Waals surface area contributed by atoms with Crippen LogP contribution in [0.2, 0.25) is 60.3 Å². The molecule has 0 radical (unpaired) electrons. The molecule has 115 heavy (non-hydrogen) atoms. The van der Waals surface area contributed by atoms with Crippen molar-refractivity contribution in [3.8, 4) is 11.1 Å². The maximum atomic E-state index is 11.9. The summed E-state index contributed by atoms with van der Waals surface area (Å²) in [5.74, 6) is -1.35. The van der Waals surface area contributed by atoms with Gasteiger partial charge >= 0.3 is 25.0 Å². The van der Waals surface area contributed by atoms with Gasteiger partial charge in [0.2, 0.25) is 0 Å². The zero-order valence-corrected chi connectivity index (χ0v) is 73.0. The number of nitrogens with one attached hydrogen (secondary N) is 2. The van der Waals surface area contributed by atoms with E-state index in [-0.39, 0.29) is 41.3 Å². The number of carbonyl (C=O) groups excluding carboxylic acids is 2. The molecule has 0 unspecified atom stereocenters. The highest BCUT2D eigenvalue weighted by Gasteiger charge is 2.21. The fraction of sp³-hybridized carbons (Fsp3) is 0.0854. The highest BCUT2D eigenvalue weighted by atomic mass is 127. The lowest BCUT2D eigenvalue weighted by atomic mass is 9.80. The molecule has 5 N–H and O–H groups in total. The molecule has 0 aliphatic heterocycles. The molecule has 4 heterocycles. The van der Waals surface area contributed by atoms with Gasteiger partial charge in [0.1, 0.15) is 13.1 Å². The van der Waals surface area contributed by atoms with Crippen molar-refractivity contribution in [3.63, 3.8) is 0 Å². The second-order valence-electron chi connectivity index (χ2n) is 24.0. The number of ether oxygens (including phenoxy) is 2. The molecular weight excluding hydrogens is 1950 g/mol. The molecule has 0 saturated heterocycles. The average Bonchev–Trinajstić information content (AvgIpc) is 1.57. The summed E-state index contributed by atoms with van der Waals surface area (Å²) in [6.07, 6.45) is 0. The van der Waals surface area contributed by atoms with Crippen LogP contribution in [0.25, 0.3) is 98.4 Å². The first-order valence-electron chi connectivity index (χ1n) is 33.9. The van der Waals surface area contributed by atoms with E-state index in [1.165, 1.54) is 41.1 Å². The molecule has 0 saturated carbocycles. The number of benzene rings is 12. The van der Waals surface area contributed by atoms with Crippen molar-refractivity contribution in [3.05, 3.63) is 315 Å². The first-order valence-corrected chi connectivity index (χ1v) is 41.0. The predicted molar refractivity (Wildman–Crippen MR) is 491 cm³/mol. The minimum Gasteiger partial charge on any atom is -0.480 e. The molecule has 0 spiro atoms. The summed E-state index contributed by atoms with van der Waals surface area (Å²) < 4.78 is 14.3. The SMILES string of the molecule is CCOC(=O)CI.CCOC(=O)Cn1c2ccccc2c2ccc(Cl)c(Cl)c21.Clc1cc2[nH]c3ccccc3c2cc1Cl.Clc1ccc2c([nH]c3ccccc32)c1Cl.O=C(O)Cn1c2ccccc2c2ccc(Cl)c(Cl)c21.O=[N+]([O-])c1ccccc1-c1ccc(Cl)c(Cl)c1.O=[N+]([O-])c1ccccc1I.OB(O)c1ccc(Cl)c(Cl)c1. The normalized spacial score (nSPS) is 10.6. The number of H-pyrrole nitrogens is 2. The summed E-state index contributed by atoms with van der Waals surface area (Å²) in [6, 6.07) is 69.0. The third kappa shape index (κ3) is 23.0. The number of carboxylic acid groups (broad SMARTS) is 1. The summed E-state index contributed by atoms with van der Waals surface area (Å²) in [5.41, 5.74) is 9.06. The summed E-state index contributed by atoms with van der Waals surface area (Å²) in [5, 5.41) is 61.6. The Balaban J connectivity index is 0.000000153. The van der Waals surface area contributed by atoms with E-state index in [4.69, 9.17) is 159 Å². The number of halogens is 14. The zero-order valence-electron chi connectivity index (χ0n) is 59.6. The van der Waals surface area contributed by atoms with Crippen LogP contribution in [-0.4, -0.2) is 86.8 Å². The van der Waals surface area contributed by atoms with E-state index in [1.54, 1.807) is 85.1 Å². The number of aromatic amines is 2. The number of alkyl halides is 1. The van der Waals surface area contributed by atoms with Gasteiger partial charge in [-0.1, -0.05) is 289 Å². The largest absolute Gasteiger partial charge is 0.488 e. The molecule has 16 rings (SSSR count). The number of fused-ring (bicyclic) bond motifs is 12. The van der Waals surface area contributed by atoms with Crippen molar-refractivity contribution in [1.29, 1.82) is 0 Å². The predicted octanol–water partition coefficient (Wildman–Crippen LogP) is 26.5. The molecule has 590 valence electrons. The molecule has 0 amide bonds. The van der Waals surface area contributed by atoms with Crippen LogP contribution in [0.15, 0.2) is 231 Å². The molecule has 0 fully saturated rings. The van der Waals surface area contributed by atoms with Crippen molar-refractivity contribution in [2.24, 2.45) is 0 Å². The Kier molecular flexibility index (Phi) is 33.9. The van der Waals surface area contributed by atoms with Gasteiger partial charge in [0.05, 0.1) is 113 Å². The Morgan fingerprint density at radius 3 is 1.35 bits per heavy atom. The minimum atomic E-state index is -1.50. The van der Waals surface area contributed by atoms with Crippen molar-refractivity contribution >= 4 is 313 Å². The van der Waals surface area contributed by atoms with Gasteiger partial charge in [-0.15, -0.1) is 0 Å². The monoisotopic (exact) mass is 2000 g/mol. The van der Waals surface area contributed by atoms with Gasteiger partial charge in [-0.05, 0) is 138 Å². The third-order valence-electron chi connectivity index (χ3n) is 16.7. The average molecular weight is 2010 g/mol. The van der Waals surface area contributed by atoms with Crippen molar-refractivity contribution in [2.45, 2.75) is 26.9 Å². The van der Waals surface area contributed by atoms with Crippen LogP contribution in [0, 0.1) is 23.8 Å². The first kappa shape index (κ1) is 90.9. The van der Waals surface area contributed by atoms with Crippen LogP contribution in [0.5, 0.6) is 0 Å². The van der Waals surface area contributed by atoms with E-state index in [9.17, 15) is 34.6 Å². The van der Waals surface area contributed by atoms with Crippen LogP contribution in [0.1, 0.15) is 13.8 Å². The van der Waals surface area contributed by atoms with Gasteiger partial charge in [0, 0.05) is 82.8 Å². The smallest absolute Gasteiger partial charge is 0.480 e. The molecule has 4 aromatic heterocycles. The number of hydrogen-bond acceptors (Lipinski definition) is 11. The standard InChI is InChI=1S/C16H13Cl2NO2.C14H9Cl2NO2.C12H7Cl2NO2.2C12H7Cl2N.C6H5BCl2O2.C6H4INO2.C4H7IO2/c1-2-21-14(20)9-19-13-6-4-3-5-10(13)11-7-8-12(17)15(18)16(11)19;15-10-6-5-9-8-3-1-2-4-11(8)17(7-12(18)19)14(9)13(10)16;13-10-6-5-8(7-11(10)14)9-3-1-2-4-12(9)15(16)17;13-9-5-8-7-3-1-2-4-11(7)15-12(8)6-10(9)14;13-9-6-5-8-7-3-1-2-4-10(7)15-12(8)11(9)14;8-5-2-1-4(7(10)11)3-6(5)9;7-5-3-1-2-4-6(5)8(9)10;1-2-7-4(6)3-5/h3-8H,2,9H2,1H3;1-6H,7H2,(H,18,19);1-7H;2*1-6,15H;1-3,10-11H;1-4H;2-3H2,1H3. The molecule has 12 aromatic carbocycles. The number of aromatic nitrogens is 4. The number of rotatable bonds is 11. The van der Waals surface area contributed by atoms with E-state index in [1.807, 2.05) is 171 Å². The number of hydrogen-bond donors (Lipinski definition) is 5. The number of para-hydroxylation sites is 6. The van der Waals surface area contributed by atoms with E-state index in [2.05, 4.69) is 26.8 Å². The van der Waals surface area contributed by atoms with E-state index in [0.717, 1.165) is 70.9 Å². The fourth-order valence-corrected chi connectivity index (χ4v) is 14.6. The first-order chi connectivity index (χ1) is 55.0. The van der Waals surface area contributed by atoms with E-state index < -0.39 is 18.0 Å². The summed E-state index contributed by atoms with van der Waals surface area (Å²) >= 11 is 75.6. The van der Waals surface area contributed by atoms with Crippen LogP contribution in [0.3, 0.4) is 0 Å². The molecule has 18 nitrogen and oxygen atoms in total. The summed E-state index contributed by atoms with van der Waals surface area (Å²) in [7, 11) is -1.50. The second kappa shape index (κ2) is 42.9. The van der Waals surface area contributed by atoms with Gasteiger partial charge in [-0.25, -0.2) is 0 Å². The lowest BCUT2D eigenvalue weighted by Crippen LogP contribution is -2.29. The Morgan fingerprint density at radius 2 is 0.852 bits per heavy atom. The number of nitro benzene ring substituents is 2. The van der Waals surface area contributed by atoms with Gasteiger partial charge in [0.25, 0.3) is 11.4 Å². The number of aliphatic carboxylic acids is 1. The highest BCUT2D eigenvalue weighted by molar-refractivity contribution is 14.1. The fourth-order valence-electron chi connectivity index (χ4n) is 11.7. The maximum absolute atomic E-state index is 11.9. The van der Waals surface area contributed by atoms with Crippen molar-refractivity contribution < 1.29 is 48.9 Å². The summed E-state index contributed by atoms with van der Waals surface area (Å²) in [6.45, 7) is 4.38. The van der Waals surface area contributed by atoms with Gasteiger partial charge in [0.15, 0.2) is 0 Å². The third-order valence-corrected chi connectivity index (χ3v) is 22.8. The van der Waals surface area contributed by atoms with Crippen LogP contribution in [0.4, 0.5) is 11.4 Å². The molecular formula is C82H59BCl12I2N6O12. The van der Waals surface area contributed by atoms with E-state index >= 15 is 0 Å². The molecule has 16 aromatic rings. The molecule has 0 aliphatic carbocycles. The molecule has 0 atom stereocenters. The number of carboxylic acids is 1. The Labute approximate surface area is 744 Å². The number of nitrogens with zero attached hydrogens (tertiary/aromatic N) is 4. The van der Waals surface area contributed by atoms with Gasteiger partial charge < -0.3 is 43.7 Å². The number of esters is 2.